The number of rotatable bonds is 5. The average molecular weight is 261 g/mol. The van der Waals surface area contributed by atoms with Crippen LogP contribution < -0.4 is 0 Å². The molecule has 1 unspecified atom stereocenters. The number of benzene rings is 1. The molecule has 0 aromatic heterocycles. The molecule has 0 aliphatic rings. The second kappa shape index (κ2) is 6.78. The standard InChI is InChI=1S/C11H13ClO3S/c1-15-11(14)10(6-7-13)16-9-4-2-8(12)3-5-9/h2-5,10,13H,6-7H2,1H3. The van der Waals surface area contributed by atoms with Gasteiger partial charge in [-0.25, -0.2) is 0 Å². The van der Waals surface area contributed by atoms with Crippen molar-refractivity contribution in [2.45, 2.75) is 16.6 Å². The van der Waals surface area contributed by atoms with Gasteiger partial charge in [0.2, 0.25) is 0 Å². The van der Waals surface area contributed by atoms with E-state index in [2.05, 4.69) is 4.74 Å². The van der Waals surface area contributed by atoms with E-state index in [0.717, 1.165) is 4.90 Å². The third-order valence-corrected chi connectivity index (χ3v) is 3.46. The Labute approximate surface area is 104 Å². The van der Waals surface area contributed by atoms with Crippen LogP contribution in [0.1, 0.15) is 6.42 Å². The lowest BCUT2D eigenvalue weighted by Gasteiger charge is -2.12. The molecular weight excluding hydrogens is 248 g/mol. The van der Waals surface area contributed by atoms with Crippen LogP contribution in [-0.2, 0) is 9.53 Å². The van der Waals surface area contributed by atoms with Gasteiger partial charge in [0.1, 0.15) is 5.25 Å². The second-order valence-corrected chi connectivity index (χ2v) is 4.81. The average Bonchev–Trinajstić information content (AvgIpc) is 2.30. The van der Waals surface area contributed by atoms with Crippen LogP contribution in [0.2, 0.25) is 5.02 Å². The zero-order valence-electron chi connectivity index (χ0n) is 8.85. The molecule has 0 aliphatic carbocycles. The molecule has 1 rings (SSSR count). The molecule has 0 bridgehead atoms. The Morgan fingerprint density at radius 2 is 2.12 bits per heavy atom. The summed E-state index contributed by atoms with van der Waals surface area (Å²) in [6.45, 7) is -0.0413. The molecule has 0 radical (unpaired) electrons. The number of hydrogen-bond acceptors (Lipinski definition) is 4. The summed E-state index contributed by atoms with van der Waals surface area (Å²) >= 11 is 7.12. The SMILES string of the molecule is COC(=O)C(CCO)Sc1ccc(Cl)cc1. The Morgan fingerprint density at radius 1 is 1.50 bits per heavy atom. The van der Waals surface area contributed by atoms with E-state index in [9.17, 15) is 4.79 Å². The summed E-state index contributed by atoms with van der Waals surface area (Å²) in [5.41, 5.74) is 0. The van der Waals surface area contributed by atoms with E-state index < -0.39 is 0 Å². The number of aliphatic hydroxyl groups is 1. The van der Waals surface area contributed by atoms with Gasteiger partial charge in [-0.2, -0.15) is 0 Å². The first-order valence-corrected chi connectivity index (χ1v) is 6.04. The number of carbonyl (C=O) groups excluding carboxylic acids is 1. The molecule has 0 fully saturated rings. The summed E-state index contributed by atoms with van der Waals surface area (Å²) in [5.74, 6) is -0.325. The van der Waals surface area contributed by atoms with Gasteiger partial charge in [-0.05, 0) is 30.7 Å². The van der Waals surface area contributed by atoms with E-state index in [1.807, 2.05) is 12.1 Å². The molecule has 3 nitrogen and oxygen atoms in total. The topological polar surface area (TPSA) is 46.5 Å². The van der Waals surface area contributed by atoms with Crippen molar-refractivity contribution in [3.63, 3.8) is 0 Å². The third kappa shape index (κ3) is 4.04. The Kier molecular flexibility index (Phi) is 5.66. The lowest BCUT2D eigenvalue weighted by Crippen LogP contribution is -2.19. The number of carbonyl (C=O) groups is 1. The van der Waals surface area contributed by atoms with E-state index >= 15 is 0 Å². The summed E-state index contributed by atoms with van der Waals surface area (Å²) in [7, 11) is 1.34. The van der Waals surface area contributed by atoms with Gasteiger partial charge < -0.3 is 9.84 Å². The zero-order chi connectivity index (χ0) is 12.0. The molecule has 1 N–H and O–H groups in total. The Morgan fingerprint density at radius 3 is 2.62 bits per heavy atom. The highest BCUT2D eigenvalue weighted by atomic mass is 35.5. The van der Waals surface area contributed by atoms with Crippen LogP contribution in [0.4, 0.5) is 0 Å². The fraction of sp³-hybridized carbons (Fsp3) is 0.364. The van der Waals surface area contributed by atoms with Crippen LogP contribution in [0.25, 0.3) is 0 Å². The van der Waals surface area contributed by atoms with Crippen molar-refractivity contribution in [1.29, 1.82) is 0 Å². The third-order valence-electron chi connectivity index (χ3n) is 1.95. The largest absolute Gasteiger partial charge is 0.468 e. The van der Waals surface area contributed by atoms with Crippen molar-refractivity contribution >= 4 is 29.3 Å². The molecule has 1 atom stereocenters. The smallest absolute Gasteiger partial charge is 0.319 e. The molecule has 16 heavy (non-hydrogen) atoms. The predicted octanol–water partition coefficient (Wildman–Crippen LogP) is 2.36. The number of ether oxygens (including phenoxy) is 1. The Balaban J connectivity index is 2.67. The highest BCUT2D eigenvalue weighted by molar-refractivity contribution is 8.00. The number of thioether (sulfide) groups is 1. The maximum atomic E-state index is 11.4. The lowest BCUT2D eigenvalue weighted by molar-refractivity contribution is -0.140. The van der Waals surface area contributed by atoms with Crippen molar-refractivity contribution in [3.05, 3.63) is 29.3 Å². The molecule has 0 saturated heterocycles. The van der Waals surface area contributed by atoms with Crippen molar-refractivity contribution in [3.8, 4) is 0 Å². The highest BCUT2D eigenvalue weighted by Gasteiger charge is 2.19. The van der Waals surface area contributed by atoms with E-state index in [4.69, 9.17) is 16.7 Å². The van der Waals surface area contributed by atoms with Gasteiger partial charge in [0.15, 0.2) is 0 Å². The van der Waals surface area contributed by atoms with Crippen molar-refractivity contribution < 1.29 is 14.6 Å². The van der Waals surface area contributed by atoms with Gasteiger partial charge in [-0.15, -0.1) is 11.8 Å². The number of halogens is 1. The summed E-state index contributed by atoms with van der Waals surface area (Å²) in [4.78, 5) is 12.3. The number of hydrogen-bond donors (Lipinski definition) is 1. The van der Waals surface area contributed by atoms with Gasteiger partial charge in [0.25, 0.3) is 0 Å². The first-order chi connectivity index (χ1) is 7.67. The van der Waals surface area contributed by atoms with Crippen LogP contribution in [0.5, 0.6) is 0 Å². The summed E-state index contributed by atoms with van der Waals surface area (Å²) in [6, 6.07) is 7.19. The van der Waals surface area contributed by atoms with Crippen molar-refractivity contribution in [1.82, 2.24) is 0 Å². The molecule has 1 aromatic carbocycles. The van der Waals surface area contributed by atoms with Gasteiger partial charge >= 0.3 is 5.97 Å². The fourth-order valence-electron chi connectivity index (χ4n) is 1.15. The van der Waals surface area contributed by atoms with Crippen LogP contribution in [0.3, 0.4) is 0 Å². The molecule has 5 heteroatoms. The fourth-order valence-corrected chi connectivity index (χ4v) is 2.31. The van der Waals surface area contributed by atoms with Gasteiger partial charge in [-0.1, -0.05) is 11.6 Å². The molecular formula is C11H13ClO3S. The maximum Gasteiger partial charge on any atom is 0.319 e. The van der Waals surface area contributed by atoms with E-state index in [1.54, 1.807) is 12.1 Å². The zero-order valence-corrected chi connectivity index (χ0v) is 10.4. The summed E-state index contributed by atoms with van der Waals surface area (Å²) in [5, 5.41) is 9.14. The maximum absolute atomic E-state index is 11.4. The summed E-state index contributed by atoms with van der Waals surface area (Å²) < 4.78 is 4.66. The van der Waals surface area contributed by atoms with Crippen molar-refractivity contribution in [2.24, 2.45) is 0 Å². The summed E-state index contributed by atoms with van der Waals surface area (Å²) in [6.07, 6.45) is 0.375. The first kappa shape index (κ1) is 13.4. The normalized spacial score (nSPS) is 12.2. The van der Waals surface area contributed by atoms with Crippen LogP contribution in [0, 0.1) is 0 Å². The Hall–Kier alpha value is -0.710. The number of esters is 1. The van der Waals surface area contributed by atoms with Gasteiger partial charge in [0, 0.05) is 16.5 Å². The van der Waals surface area contributed by atoms with Crippen LogP contribution in [0.15, 0.2) is 29.2 Å². The predicted molar refractivity (Wildman–Crippen MR) is 64.8 cm³/mol. The van der Waals surface area contributed by atoms with E-state index in [-0.39, 0.29) is 17.8 Å². The number of aliphatic hydroxyl groups excluding tert-OH is 1. The van der Waals surface area contributed by atoms with Gasteiger partial charge in [0.05, 0.1) is 7.11 Å². The first-order valence-electron chi connectivity index (χ1n) is 4.78. The van der Waals surface area contributed by atoms with Gasteiger partial charge in [-0.3, -0.25) is 4.79 Å². The minimum Gasteiger partial charge on any atom is -0.468 e. The second-order valence-electron chi connectivity index (χ2n) is 3.10. The molecule has 0 spiro atoms. The monoisotopic (exact) mass is 260 g/mol. The highest BCUT2D eigenvalue weighted by Crippen LogP contribution is 2.27. The van der Waals surface area contributed by atoms with E-state index in [0.29, 0.717) is 11.4 Å². The lowest BCUT2D eigenvalue weighted by atomic mass is 10.3. The minimum atomic E-state index is -0.379. The number of methoxy groups -OCH3 is 1. The van der Waals surface area contributed by atoms with E-state index in [1.165, 1.54) is 18.9 Å². The molecule has 0 heterocycles. The van der Waals surface area contributed by atoms with Crippen molar-refractivity contribution in [2.75, 3.05) is 13.7 Å². The van der Waals surface area contributed by atoms with Crippen LogP contribution >= 0.6 is 23.4 Å². The molecule has 1 aromatic rings. The Bertz CT molecular complexity index is 340. The van der Waals surface area contributed by atoms with Crippen LogP contribution in [-0.4, -0.2) is 30.0 Å². The quantitative estimate of drug-likeness (QED) is 0.652. The molecule has 88 valence electrons. The molecule has 0 amide bonds. The minimum absolute atomic E-state index is 0.0413. The molecule has 0 saturated carbocycles. The molecule has 0 aliphatic heterocycles.